The van der Waals surface area contributed by atoms with Crippen LogP contribution in [0.2, 0.25) is 0 Å². The Labute approximate surface area is 168 Å². The second kappa shape index (κ2) is 7.80. The van der Waals surface area contributed by atoms with Crippen molar-refractivity contribution in [2.24, 2.45) is 14.1 Å². The quantitative estimate of drug-likeness (QED) is 0.626. The highest BCUT2D eigenvalue weighted by Gasteiger charge is 2.21. The Bertz CT molecular complexity index is 1280. The van der Waals surface area contributed by atoms with E-state index >= 15 is 0 Å². The number of rotatable bonds is 6. The molecule has 0 aliphatic rings. The van der Waals surface area contributed by atoms with E-state index in [1.165, 1.54) is 14.1 Å². The van der Waals surface area contributed by atoms with Crippen molar-refractivity contribution in [1.29, 1.82) is 0 Å². The summed E-state index contributed by atoms with van der Waals surface area (Å²) in [7, 11) is -1.45. The zero-order valence-corrected chi connectivity index (χ0v) is 17.5. The SMILES string of the molecule is Cc1cc(C)n(Cc2cccc(CNS(=O)(=O)c3cn(C)c(=O)n(C)c3=O)c2)n1. The molecule has 2 heterocycles. The van der Waals surface area contributed by atoms with E-state index in [1.807, 2.05) is 42.8 Å². The molecule has 0 amide bonds. The van der Waals surface area contributed by atoms with Crippen molar-refractivity contribution in [3.63, 3.8) is 0 Å². The molecule has 154 valence electrons. The molecule has 10 heteroatoms. The summed E-state index contributed by atoms with van der Waals surface area (Å²) in [5, 5.41) is 4.43. The third-order valence-corrected chi connectivity index (χ3v) is 5.98. The topological polar surface area (TPSA) is 108 Å². The lowest BCUT2D eigenvalue weighted by Gasteiger charge is -2.10. The highest BCUT2D eigenvalue weighted by Crippen LogP contribution is 2.11. The van der Waals surface area contributed by atoms with Gasteiger partial charge in [0.1, 0.15) is 0 Å². The van der Waals surface area contributed by atoms with E-state index in [4.69, 9.17) is 0 Å². The van der Waals surface area contributed by atoms with Crippen LogP contribution in [0.3, 0.4) is 0 Å². The average molecular weight is 417 g/mol. The first-order chi connectivity index (χ1) is 13.6. The van der Waals surface area contributed by atoms with E-state index in [2.05, 4.69) is 9.82 Å². The van der Waals surface area contributed by atoms with Crippen LogP contribution in [0.4, 0.5) is 0 Å². The Morgan fingerprint density at radius 2 is 1.76 bits per heavy atom. The standard InChI is InChI=1S/C19H23N5O4S/c1-13-8-14(2)24(21-13)11-16-7-5-6-15(9-16)10-20-29(27,28)17-12-22(3)19(26)23(4)18(17)25/h5-9,12,20H,10-11H2,1-4H3. The molecular formula is C19H23N5O4S. The summed E-state index contributed by atoms with van der Waals surface area (Å²) in [5.74, 6) is 0. The summed E-state index contributed by atoms with van der Waals surface area (Å²) in [6.07, 6.45) is 1.03. The molecule has 29 heavy (non-hydrogen) atoms. The first-order valence-electron chi connectivity index (χ1n) is 8.93. The third kappa shape index (κ3) is 4.38. The van der Waals surface area contributed by atoms with Crippen LogP contribution in [0, 0.1) is 13.8 Å². The van der Waals surface area contributed by atoms with Gasteiger partial charge in [0, 0.05) is 32.5 Å². The first kappa shape index (κ1) is 20.7. The minimum Gasteiger partial charge on any atom is -0.302 e. The van der Waals surface area contributed by atoms with Gasteiger partial charge in [-0.1, -0.05) is 24.3 Å². The number of hydrogen-bond acceptors (Lipinski definition) is 5. The summed E-state index contributed by atoms with van der Waals surface area (Å²) in [6.45, 7) is 4.49. The number of hydrogen-bond donors (Lipinski definition) is 1. The van der Waals surface area contributed by atoms with Gasteiger partial charge in [-0.05, 0) is 31.0 Å². The van der Waals surface area contributed by atoms with Crippen molar-refractivity contribution >= 4 is 10.0 Å². The second-order valence-electron chi connectivity index (χ2n) is 6.98. The zero-order chi connectivity index (χ0) is 21.3. The van der Waals surface area contributed by atoms with Crippen molar-refractivity contribution < 1.29 is 8.42 Å². The molecule has 0 spiro atoms. The maximum atomic E-state index is 12.6. The van der Waals surface area contributed by atoms with Gasteiger partial charge in [0.05, 0.1) is 12.2 Å². The number of benzene rings is 1. The molecule has 2 aromatic heterocycles. The van der Waals surface area contributed by atoms with Crippen LogP contribution in [0.1, 0.15) is 22.5 Å². The molecule has 3 aromatic rings. The van der Waals surface area contributed by atoms with E-state index < -0.39 is 26.2 Å². The van der Waals surface area contributed by atoms with Gasteiger partial charge < -0.3 is 4.57 Å². The van der Waals surface area contributed by atoms with Crippen LogP contribution in [-0.4, -0.2) is 27.3 Å². The molecule has 0 radical (unpaired) electrons. The molecule has 0 unspecified atom stereocenters. The van der Waals surface area contributed by atoms with Crippen LogP contribution in [0.25, 0.3) is 0 Å². The van der Waals surface area contributed by atoms with Crippen molar-refractivity contribution in [2.75, 3.05) is 0 Å². The molecule has 0 bridgehead atoms. The fourth-order valence-electron chi connectivity index (χ4n) is 3.06. The molecule has 3 rings (SSSR count). The number of aryl methyl sites for hydroxylation is 3. The highest BCUT2D eigenvalue weighted by atomic mass is 32.2. The van der Waals surface area contributed by atoms with E-state index in [9.17, 15) is 18.0 Å². The molecule has 1 aromatic carbocycles. The minimum atomic E-state index is -4.09. The van der Waals surface area contributed by atoms with E-state index in [0.29, 0.717) is 6.54 Å². The minimum absolute atomic E-state index is 0.0132. The summed E-state index contributed by atoms with van der Waals surface area (Å²) in [6, 6.07) is 9.46. The molecule has 9 nitrogen and oxygen atoms in total. The van der Waals surface area contributed by atoms with Crippen molar-refractivity contribution in [3.05, 3.63) is 79.9 Å². The van der Waals surface area contributed by atoms with Gasteiger partial charge in [-0.3, -0.25) is 14.0 Å². The van der Waals surface area contributed by atoms with Crippen molar-refractivity contribution in [2.45, 2.75) is 31.8 Å². The normalized spacial score (nSPS) is 11.7. The maximum absolute atomic E-state index is 12.6. The van der Waals surface area contributed by atoms with Gasteiger partial charge in [-0.25, -0.2) is 17.9 Å². The number of nitrogens with zero attached hydrogens (tertiary/aromatic N) is 4. The van der Waals surface area contributed by atoms with Gasteiger partial charge in [0.15, 0.2) is 4.90 Å². The van der Waals surface area contributed by atoms with Crippen molar-refractivity contribution in [1.82, 2.24) is 23.6 Å². The number of aromatic nitrogens is 4. The summed E-state index contributed by atoms with van der Waals surface area (Å²) >= 11 is 0. The maximum Gasteiger partial charge on any atom is 0.330 e. The molecular weight excluding hydrogens is 394 g/mol. The predicted octanol–water partition coefficient (Wildman–Crippen LogP) is 0.424. The Morgan fingerprint density at radius 3 is 2.41 bits per heavy atom. The fraction of sp³-hybridized carbons (Fsp3) is 0.316. The first-order valence-corrected chi connectivity index (χ1v) is 10.4. The lowest BCUT2D eigenvalue weighted by molar-refractivity contribution is 0.570. The highest BCUT2D eigenvalue weighted by molar-refractivity contribution is 7.89. The van der Waals surface area contributed by atoms with Crippen molar-refractivity contribution in [3.8, 4) is 0 Å². The van der Waals surface area contributed by atoms with Gasteiger partial charge in [-0.15, -0.1) is 0 Å². The van der Waals surface area contributed by atoms with Crippen LogP contribution in [0.5, 0.6) is 0 Å². The molecule has 0 saturated carbocycles. The predicted molar refractivity (Wildman–Crippen MR) is 108 cm³/mol. The van der Waals surface area contributed by atoms with Gasteiger partial charge in [0.25, 0.3) is 5.56 Å². The van der Waals surface area contributed by atoms with Gasteiger partial charge in [0.2, 0.25) is 10.0 Å². The van der Waals surface area contributed by atoms with E-state index in [1.54, 1.807) is 6.07 Å². The molecule has 0 saturated heterocycles. The van der Waals surface area contributed by atoms with Gasteiger partial charge in [-0.2, -0.15) is 5.10 Å². The lowest BCUT2D eigenvalue weighted by atomic mass is 10.1. The average Bonchev–Trinajstić information content (AvgIpc) is 2.98. The van der Waals surface area contributed by atoms with Crippen LogP contribution >= 0.6 is 0 Å². The second-order valence-corrected chi connectivity index (χ2v) is 8.72. The number of nitrogens with one attached hydrogen (secondary N) is 1. The molecule has 1 N–H and O–H groups in total. The fourth-order valence-corrected chi connectivity index (χ4v) is 4.24. The van der Waals surface area contributed by atoms with Gasteiger partial charge >= 0.3 is 5.69 Å². The summed E-state index contributed by atoms with van der Waals surface area (Å²) in [5.41, 5.74) is 2.24. The van der Waals surface area contributed by atoms with Crippen LogP contribution in [0.15, 0.2) is 51.0 Å². The van der Waals surface area contributed by atoms with E-state index in [-0.39, 0.29) is 6.54 Å². The Kier molecular flexibility index (Phi) is 5.58. The molecule has 0 fully saturated rings. The Hall–Kier alpha value is -2.98. The Morgan fingerprint density at radius 1 is 1.07 bits per heavy atom. The van der Waals surface area contributed by atoms with Crippen LogP contribution in [-0.2, 0) is 37.2 Å². The molecule has 0 atom stereocenters. The summed E-state index contributed by atoms with van der Waals surface area (Å²) < 4.78 is 31.4. The van der Waals surface area contributed by atoms with Crippen LogP contribution < -0.4 is 16.0 Å². The monoisotopic (exact) mass is 417 g/mol. The zero-order valence-electron chi connectivity index (χ0n) is 16.7. The molecule has 0 aliphatic heterocycles. The third-order valence-electron chi connectivity index (χ3n) is 4.60. The summed E-state index contributed by atoms with van der Waals surface area (Å²) in [4.78, 5) is 23.5. The van der Waals surface area contributed by atoms with E-state index in [0.717, 1.165) is 37.8 Å². The lowest BCUT2D eigenvalue weighted by Crippen LogP contribution is -2.41. The number of sulfonamides is 1. The largest absolute Gasteiger partial charge is 0.330 e. The Balaban J connectivity index is 1.80. The smallest absolute Gasteiger partial charge is 0.302 e. The molecule has 0 aliphatic carbocycles.